The second kappa shape index (κ2) is 5.77. The lowest BCUT2D eigenvalue weighted by atomic mass is 9.98. The van der Waals surface area contributed by atoms with Crippen LogP contribution in [0.25, 0.3) is 0 Å². The molecule has 0 amide bonds. The highest BCUT2D eigenvalue weighted by Gasteiger charge is 2.23. The summed E-state index contributed by atoms with van der Waals surface area (Å²) in [5.41, 5.74) is 0.0676. The summed E-state index contributed by atoms with van der Waals surface area (Å²) in [6.45, 7) is 1.50. The number of benzene rings is 2. The number of hydrogen-bond acceptors (Lipinski definition) is 2. The molecule has 0 spiro atoms. The molecule has 2 aromatic rings. The minimum atomic E-state index is -1.48. The van der Waals surface area contributed by atoms with Crippen molar-refractivity contribution in [2.45, 2.75) is 13.0 Å². The van der Waals surface area contributed by atoms with Gasteiger partial charge in [0.15, 0.2) is 0 Å². The Hall–Kier alpha value is -1.65. The van der Waals surface area contributed by atoms with Gasteiger partial charge >= 0.3 is 0 Å². The van der Waals surface area contributed by atoms with Crippen molar-refractivity contribution in [1.82, 2.24) is 0 Å². The van der Waals surface area contributed by atoms with E-state index >= 15 is 0 Å². The molecule has 0 aliphatic carbocycles. The molecule has 2 nitrogen and oxygen atoms in total. The number of halogens is 3. The van der Waals surface area contributed by atoms with Crippen LogP contribution in [0, 0.1) is 18.6 Å². The predicted octanol–water partition coefficient (Wildman–Crippen LogP) is 4.02. The van der Waals surface area contributed by atoms with Crippen molar-refractivity contribution in [3.8, 4) is 5.75 Å². The number of rotatable bonds is 3. The molecule has 0 heterocycles. The smallest absolute Gasteiger partial charge is 0.135 e. The van der Waals surface area contributed by atoms with Gasteiger partial charge in [0.25, 0.3) is 0 Å². The van der Waals surface area contributed by atoms with Gasteiger partial charge < -0.3 is 9.84 Å². The third-order valence-corrected chi connectivity index (χ3v) is 3.42. The SMILES string of the molecule is COc1ccc(C(O)c2c(F)ccc(C)c2F)c(Cl)c1. The Morgan fingerprint density at radius 3 is 2.50 bits per heavy atom. The van der Waals surface area contributed by atoms with Crippen molar-refractivity contribution >= 4 is 11.6 Å². The van der Waals surface area contributed by atoms with E-state index in [4.69, 9.17) is 16.3 Å². The highest BCUT2D eigenvalue weighted by Crippen LogP contribution is 2.34. The number of methoxy groups -OCH3 is 1. The van der Waals surface area contributed by atoms with Gasteiger partial charge in [-0.25, -0.2) is 8.78 Å². The number of aryl methyl sites for hydroxylation is 1. The molecule has 0 radical (unpaired) electrons. The highest BCUT2D eigenvalue weighted by molar-refractivity contribution is 6.31. The predicted molar refractivity (Wildman–Crippen MR) is 73.2 cm³/mol. The largest absolute Gasteiger partial charge is 0.497 e. The minimum Gasteiger partial charge on any atom is -0.497 e. The fourth-order valence-electron chi connectivity index (χ4n) is 1.94. The first-order valence-electron chi connectivity index (χ1n) is 5.91. The molecule has 0 aromatic heterocycles. The van der Waals surface area contributed by atoms with Crippen LogP contribution >= 0.6 is 11.6 Å². The van der Waals surface area contributed by atoms with E-state index < -0.39 is 23.3 Å². The third kappa shape index (κ3) is 2.62. The van der Waals surface area contributed by atoms with Gasteiger partial charge in [0, 0.05) is 5.56 Å². The van der Waals surface area contributed by atoms with E-state index in [0.29, 0.717) is 5.75 Å². The monoisotopic (exact) mass is 298 g/mol. The third-order valence-electron chi connectivity index (χ3n) is 3.10. The van der Waals surface area contributed by atoms with Gasteiger partial charge in [-0.3, -0.25) is 0 Å². The summed E-state index contributed by atoms with van der Waals surface area (Å²) in [5.74, 6) is -1.09. The van der Waals surface area contributed by atoms with Gasteiger partial charge in [0.05, 0.1) is 17.7 Å². The summed E-state index contributed by atoms with van der Waals surface area (Å²) in [6.07, 6.45) is -1.48. The Labute approximate surface area is 120 Å². The van der Waals surface area contributed by atoms with Crippen LogP contribution in [0.1, 0.15) is 22.8 Å². The average molecular weight is 299 g/mol. The summed E-state index contributed by atoms with van der Waals surface area (Å²) in [4.78, 5) is 0. The molecular formula is C15H13ClF2O2. The molecule has 1 atom stereocenters. The fourth-order valence-corrected chi connectivity index (χ4v) is 2.21. The van der Waals surface area contributed by atoms with Crippen LogP contribution < -0.4 is 4.74 Å². The van der Waals surface area contributed by atoms with Crippen molar-refractivity contribution in [2.24, 2.45) is 0 Å². The van der Waals surface area contributed by atoms with Crippen LogP contribution in [0.15, 0.2) is 30.3 Å². The Bertz CT molecular complexity index is 644. The zero-order chi connectivity index (χ0) is 14.9. The zero-order valence-electron chi connectivity index (χ0n) is 11.0. The summed E-state index contributed by atoms with van der Waals surface area (Å²) in [6, 6.07) is 6.96. The van der Waals surface area contributed by atoms with Gasteiger partial charge in [-0.05, 0) is 30.7 Å². The van der Waals surface area contributed by atoms with Gasteiger partial charge in [0.2, 0.25) is 0 Å². The molecule has 1 unspecified atom stereocenters. The molecule has 20 heavy (non-hydrogen) atoms. The zero-order valence-corrected chi connectivity index (χ0v) is 11.7. The molecule has 0 bridgehead atoms. The molecule has 2 aromatic carbocycles. The molecule has 106 valence electrons. The van der Waals surface area contributed by atoms with E-state index in [-0.39, 0.29) is 16.1 Å². The maximum Gasteiger partial charge on any atom is 0.135 e. The second-order valence-electron chi connectivity index (χ2n) is 4.38. The summed E-state index contributed by atoms with van der Waals surface area (Å²) in [7, 11) is 1.47. The first kappa shape index (κ1) is 14.8. The Balaban J connectivity index is 2.52. The van der Waals surface area contributed by atoms with Crippen LogP contribution in [-0.2, 0) is 0 Å². The minimum absolute atomic E-state index is 0.178. The Kier molecular flexibility index (Phi) is 4.26. The molecule has 0 fully saturated rings. The van der Waals surface area contributed by atoms with Crippen molar-refractivity contribution in [3.05, 3.63) is 63.7 Å². The quantitative estimate of drug-likeness (QED) is 0.927. The van der Waals surface area contributed by atoms with E-state index in [1.54, 1.807) is 6.07 Å². The van der Waals surface area contributed by atoms with Crippen molar-refractivity contribution < 1.29 is 18.6 Å². The lowest BCUT2D eigenvalue weighted by Gasteiger charge is -2.16. The molecule has 0 saturated heterocycles. The maximum atomic E-state index is 14.0. The maximum absolute atomic E-state index is 14.0. The number of aliphatic hydroxyl groups is 1. The van der Waals surface area contributed by atoms with E-state index in [0.717, 1.165) is 6.07 Å². The van der Waals surface area contributed by atoms with Gasteiger partial charge in [0.1, 0.15) is 23.5 Å². The van der Waals surface area contributed by atoms with Crippen molar-refractivity contribution in [2.75, 3.05) is 7.11 Å². The second-order valence-corrected chi connectivity index (χ2v) is 4.79. The standard InChI is InChI=1S/C15H13ClF2O2/c1-8-3-6-12(17)13(14(8)18)15(19)10-5-4-9(20-2)7-11(10)16/h3-7,15,19H,1-2H3. The highest BCUT2D eigenvalue weighted by atomic mass is 35.5. The number of aliphatic hydroxyl groups excluding tert-OH is 1. The van der Waals surface area contributed by atoms with Gasteiger partial charge in [-0.2, -0.15) is 0 Å². The molecule has 0 aliphatic heterocycles. The number of ether oxygens (including phenoxy) is 1. The topological polar surface area (TPSA) is 29.5 Å². The molecule has 0 saturated carbocycles. The van der Waals surface area contributed by atoms with E-state index in [1.807, 2.05) is 0 Å². The van der Waals surface area contributed by atoms with Crippen LogP contribution in [-0.4, -0.2) is 12.2 Å². The van der Waals surface area contributed by atoms with E-state index in [1.165, 1.54) is 32.2 Å². The van der Waals surface area contributed by atoms with Crippen LogP contribution in [0.5, 0.6) is 5.75 Å². The molecule has 5 heteroatoms. The number of hydrogen-bond donors (Lipinski definition) is 1. The lowest BCUT2D eigenvalue weighted by molar-refractivity contribution is 0.209. The van der Waals surface area contributed by atoms with Gasteiger partial charge in [-0.1, -0.05) is 23.7 Å². The van der Waals surface area contributed by atoms with Crippen molar-refractivity contribution in [3.63, 3.8) is 0 Å². The summed E-state index contributed by atoms with van der Waals surface area (Å²) >= 11 is 6.01. The first-order chi connectivity index (χ1) is 9.45. The van der Waals surface area contributed by atoms with Crippen LogP contribution in [0.4, 0.5) is 8.78 Å². The fraction of sp³-hybridized carbons (Fsp3) is 0.200. The van der Waals surface area contributed by atoms with Crippen LogP contribution in [0.3, 0.4) is 0 Å². The first-order valence-corrected chi connectivity index (χ1v) is 6.29. The molecule has 0 aliphatic rings. The summed E-state index contributed by atoms with van der Waals surface area (Å²) < 4.78 is 32.8. The Morgan fingerprint density at radius 2 is 1.90 bits per heavy atom. The van der Waals surface area contributed by atoms with E-state index in [9.17, 15) is 13.9 Å². The molecular weight excluding hydrogens is 286 g/mol. The van der Waals surface area contributed by atoms with Crippen molar-refractivity contribution in [1.29, 1.82) is 0 Å². The van der Waals surface area contributed by atoms with E-state index in [2.05, 4.69) is 0 Å². The molecule has 1 N–H and O–H groups in total. The lowest BCUT2D eigenvalue weighted by Crippen LogP contribution is -2.08. The van der Waals surface area contributed by atoms with Crippen LogP contribution in [0.2, 0.25) is 5.02 Å². The Morgan fingerprint density at radius 1 is 1.20 bits per heavy atom. The molecule has 2 rings (SSSR count). The average Bonchev–Trinajstić information content (AvgIpc) is 2.43. The normalized spacial score (nSPS) is 12.3. The summed E-state index contributed by atoms with van der Waals surface area (Å²) in [5, 5.41) is 10.4. The van der Waals surface area contributed by atoms with Gasteiger partial charge in [-0.15, -0.1) is 0 Å².